The van der Waals surface area contributed by atoms with Crippen LogP contribution in [0.2, 0.25) is 0 Å². The van der Waals surface area contributed by atoms with E-state index in [9.17, 15) is 4.79 Å². The van der Waals surface area contributed by atoms with Gasteiger partial charge in [-0.25, -0.2) is 0 Å². The van der Waals surface area contributed by atoms with Crippen LogP contribution in [0.4, 0.5) is 0 Å². The van der Waals surface area contributed by atoms with Crippen molar-refractivity contribution in [2.24, 2.45) is 5.73 Å². The fourth-order valence-corrected chi connectivity index (χ4v) is 2.30. The molecule has 1 amide bonds. The standard InChI is InChI=1S/C16H26N2O/c1-11-7-12(2)9-15(8-11)10-14(4)18-16(19)6-5-13(3)17/h7-9,13-14H,5-6,10,17H2,1-4H3,(H,18,19). The Hall–Kier alpha value is -1.35. The highest BCUT2D eigenvalue weighted by molar-refractivity contribution is 5.76. The summed E-state index contributed by atoms with van der Waals surface area (Å²) in [4.78, 5) is 11.7. The van der Waals surface area contributed by atoms with Gasteiger partial charge in [-0.05, 0) is 46.1 Å². The maximum atomic E-state index is 11.7. The third kappa shape index (κ3) is 6.39. The highest BCUT2D eigenvalue weighted by Gasteiger charge is 2.09. The average molecular weight is 262 g/mol. The van der Waals surface area contributed by atoms with Gasteiger partial charge in [0.2, 0.25) is 5.91 Å². The van der Waals surface area contributed by atoms with Crippen LogP contribution >= 0.6 is 0 Å². The van der Waals surface area contributed by atoms with E-state index >= 15 is 0 Å². The van der Waals surface area contributed by atoms with Crippen molar-refractivity contribution in [3.8, 4) is 0 Å². The second kappa shape index (κ2) is 7.29. The van der Waals surface area contributed by atoms with Crippen LogP contribution in [0.5, 0.6) is 0 Å². The number of hydrogen-bond donors (Lipinski definition) is 2. The van der Waals surface area contributed by atoms with Gasteiger partial charge in [0.1, 0.15) is 0 Å². The molecule has 3 heteroatoms. The summed E-state index contributed by atoms with van der Waals surface area (Å²) in [6.45, 7) is 8.17. The van der Waals surface area contributed by atoms with Crippen LogP contribution in [-0.2, 0) is 11.2 Å². The number of rotatable bonds is 6. The molecule has 0 saturated heterocycles. The normalized spacial score (nSPS) is 13.9. The molecule has 0 aliphatic heterocycles. The maximum Gasteiger partial charge on any atom is 0.220 e. The van der Waals surface area contributed by atoms with E-state index in [2.05, 4.69) is 37.4 Å². The van der Waals surface area contributed by atoms with E-state index in [1.165, 1.54) is 16.7 Å². The molecule has 0 fully saturated rings. The molecular weight excluding hydrogens is 236 g/mol. The molecule has 0 spiro atoms. The largest absolute Gasteiger partial charge is 0.353 e. The fraction of sp³-hybridized carbons (Fsp3) is 0.562. The fourth-order valence-electron chi connectivity index (χ4n) is 2.30. The van der Waals surface area contributed by atoms with E-state index in [1.807, 2.05) is 13.8 Å². The molecule has 0 heterocycles. The Morgan fingerprint density at radius 2 is 1.79 bits per heavy atom. The van der Waals surface area contributed by atoms with Crippen LogP contribution in [0.3, 0.4) is 0 Å². The van der Waals surface area contributed by atoms with Gasteiger partial charge in [0.25, 0.3) is 0 Å². The highest BCUT2D eigenvalue weighted by Crippen LogP contribution is 2.11. The van der Waals surface area contributed by atoms with Crippen molar-refractivity contribution in [2.45, 2.75) is 59.0 Å². The first kappa shape index (κ1) is 15.7. The lowest BCUT2D eigenvalue weighted by Gasteiger charge is -2.15. The summed E-state index contributed by atoms with van der Waals surface area (Å²) < 4.78 is 0. The quantitative estimate of drug-likeness (QED) is 0.827. The summed E-state index contributed by atoms with van der Waals surface area (Å²) in [5, 5.41) is 3.03. The topological polar surface area (TPSA) is 55.1 Å². The molecule has 3 N–H and O–H groups in total. The maximum absolute atomic E-state index is 11.7. The van der Waals surface area contributed by atoms with E-state index in [0.717, 1.165) is 12.8 Å². The van der Waals surface area contributed by atoms with Crippen LogP contribution in [0.25, 0.3) is 0 Å². The van der Waals surface area contributed by atoms with Crippen molar-refractivity contribution >= 4 is 5.91 Å². The Balaban J connectivity index is 2.46. The lowest BCUT2D eigenvalue weighted by atomic mass is 10.0. The van der Waals surface area contributed by atoms with Crippen LogP contribution in [0, 0.1) is 13.8 Å². The number of carbonyl (C=O) groups is 1. The Morgan fingerprint density at radius 3 is 2.32 bits per heavy atom. The van der Waals surface area contributed by atoms with E-state index in [4.69, 9.17) is 5.73 Å². The van der Waals surface area contributed by atoms with Crippen molar-refractivity contribution in [1.29, 1.82) is 0 Å². The lowest BCUT2D eigenvalue weighted by Crippen LogP contribution is -2.34. The molecule has 0 bridgehead atoms. The molecule has 3 nitrogen and oxygen atoms in total. The molecule has 1 aromatic rings. The first-order chi connectivity index (χ1) is 8.86. The first-order valence-electron chi connectivity index (χ1n) is 6.99. The second-order valence-corrected chi connectivity index (χ2v) is 5.68. The summed E-state index contributed by atoms with van der Waals surface area (Å²) in [6, 6.07) is 6.76. The Morgan fingerprint density at radius 1 is 1.21 bits per heavy atom. The Labute approximate surface area is 116 Å². The van der Waals surface area contributed by atoms with Crippen LogP contribution in [-0.4, -0.2) is 18.0 Å². The molecule has 2 unspecified atom stereocenters. The molecular formula is C16H26N2O. The summed E-state index contributed by atoms with van der Waals surface area (Å²) >= 11 is 0. The molecule has 0 saturated carbocycles. The van der Waals surface area contributed by atoms with Gasteiger partial charge in [-0.2, -0.15) is 0 Å². The monoisotopic (exact) mass is 262 g/mol. The van der Waals surface area contributed by atoms with Crippen molar-refractivity contribution < 1.29 is 4.79 Å². The molecule has 0 aromatic heterocycles. The number of carbonyl (C=O) groups excluding carboxylic acids is 1. The summed E-state index contributed by atoms with van der Waals surface area (Å²) in [5.41, 5.74) is 9.46. The minimum Gasteiger partial charge on any atom is -0.353 e. The smallest absolute Gasteiger partial charge is 0.220 e. The number of amides is 1. The third-order valence-electron chi connectivity index (χ3n) is 3.06. The third-order valence-corrected chi connectivity index (χ3v) is 3.06. The number of nitrogens with one attached hydrogen (secondary N) is 1. The van der Waals surface area contributed by atoms with Crippen LogP contribution < -0.4 is 11.1 Å². The van der Waals surface area contributed by atoms with Crippen molar-refractivity contribution in [2.75, 3.05) is 0 Å². The number of aryl methyl sites for hydroxylation is 2. The molecule has 106 valence electrons. The molecule has 0 radical (unpaired) electrons. The Kier molecular flexibility index (Phi) is 6.03. The number of benzene rings is 1. The predicted molar refractivity (Wildman–Crippen MR) is 80.1 cm³/mol. The molecule has 0 aliphatic rings. The van der Waals surface area contributed by atoms with Gasteiger partial charge in [-0.15, -0.1) is 0 Å². The summed E-state index contributed by atoms with van der Waals surface area (Å²) in [7, 11) is 0. The van der Waals surface area contributed by atoms with Crippen LogP contribution in [0.1, 0.15) is 43.4 Å². The van der Waals surface area contributed by atoms with Crippen LogP contribution in [0.15, 0.2) is 18.2 Å². The van der Waals surface area contributed by atoms with E-state index in [-0.39, 0.29) is 18.0 Å². The highest BCUT2D eigenvalue weighted by atomic mass is 16.1. The second-order valence-electron chi connectivity index (χ2n) is 5.68. The molecule has 2 atom stereocenters. The van der Waals surface area contributed by atoms with E-state index < -0.39 is 0 Å². The average Bonchev–Trinajstić information content (AvgIpc) is 2.24. The zero-order valence-corrected chi connectivity index (χ0v) is 12.5. The van der Waals surface area contributed by atoms with Crippen molar-refractivity contribution in [3.63, 3.8) is 0 Å². The zero-order valence-electron chi connectivity index (χ0n) is 12.5. The van der Waals surface area contributed by atoms with E-state index in [0.29, 0.717) is 6.42 Å². The van der Waals surface area contributed by atoms with Gasteiger partial charge in [0.15, 0.2) is 0 Å². The van der Waals surface area contributed by atoms with Gasteiger partial charge < -0.3 is 11.1 Å². The molecule has 0 aliphatic carbocycles. The van der Waals surface area contributed by atoms with Crippen molar-refractivity contribution in [3.05, 3.63) is 34.9 Å². The van der Waals surface area contributed by atoms with Gasteiger partial charge in [-0.3, -0.25) is 4.79 Å². The van der Waals surface area contributed by atoms with Gasteiger partial charge in [0.05, 0.1) is 0 Å². The Bertz CT molecular complexity index is 407. The molecule has 19 heavy (non-hydrogen) atoms. The molecule has 1 aromatic carbocycles. The number of nitrogens with two attached hydrogens (primary N) is 1. The summed E-state index contributed by atoms with van der Waals surface area (Å²) in [5.74, 6) is 0.0918. The minimum absolute atomic E-state index is 0.0838. The SMILES string of the molecule is Cc1cc(C)cc(CC(C)NC(=O)CCC(C)N)c1. The molecule has 1 rings (SSSR count). The summed E-state index contributed by atoms with van der Waals surface area (Å²) in [6.07, 6.45) is 2.11. The van der Waals surface area contributed by atoms with Gasteiger partial charge in [0, 0.05) is 18.5 Å². The number of hydrogen-bond acceptors (Lipinski definition) is 2. The minimum atomic E-state index is 0.0838. The zero-order chi connectivity index (χ0) is 14.4. The van der Waals surface area contributed by atoms with Crippen molar-refractivity contribution in [1.82, 2.24) is 5.32 Å². The first-order valence-corrected chi connectivity index (χ1v) is 6.99. The van der Waals surface area contributed by atoms with Gasteiger partial charge in [-0.1, -0.05) is 29.3 Å². The lowest BCUT2D eigenvalue weighted by molar-refractivity contribution is -0.121. The predicted octanol–water partition coefficient (Wildman–Crippen LogP) is 2.48. The van der Waals surface area contributed by atoms with E-state index in [1.54, 1.807) is 0 Å². The van der Waals surface area contributed by atoms with Gasteiger partial charge >= 0.3 is 0 Å².